The third-order valence-corrected chi connectivity index (χ3v) is 5.21. The first-order valence-electron chi connectivity index (χ1n) is 8.07. The highest BCUT2D eigenvalue weighted by atomic mass is 79.9. The first-order chi connectivity index (χ1) is 10.2. The van der Waals surface area contributed by atoms with Gasteiger partial charge in [0.15, 0.2) is 0 Å². The molecule has 1 fully saturated rings. The number of alkyl halides is 1. The number of amides is 1. The van der Waals surface area contributed by atoms with Crippen LogP contribution < -0.4 is 0 Å². The van der Waals surface area contributed by atoms with Gasteiger partial charge in [-0.2, -0.15) is 0 Å². The van der Waals surface area contributed by atoms with E-state index in [1.54, 1.807) is 0 Å². The Morgan fingerprint density at radius 2 is 2.10 bits per heavy atom. The largest absolute Gasteiger partial charge is 0.342 e. The van der Waals surface area contributed by atoms with Crippen LogP contribution in [-0.2, 0) is 4.79 Å². The van der Waals surface area contributed by atoms with Crippen LogP contribution in [0, 0.1) is 11.8 Å². The average molecular weight is 352 g/mol. The molecule has 2 nitrogen and oxygen atoms in total. The molecule has 0 spiro atoms. The molecule has 1 aromatic rings. The van der Waals surface area contributed by atoms with Gasteiger partial charge in [-0.1, -0.05) is 66.5 Å². The normalized spacial score (nSPS) is 21.3. The highest BCUT2D eigenvalue weighted by molar-refractivity contribution is 9.09. The summed E-state index contributed by atoms with van der Waals surface area (Å²) in [5.74, 6) is 1.39. The van der Waals surface area contributed by atoms with Gasteiger partial charge in [0.25, 0.3) is 0 Å². The Hall–Kier alpha value is -0.830. The number of hydrogen-bond acceptors (Lipinski definition) is 1. The fraction of sp³-hybridized carbons (Fsp3) is 0.611. The summed E-state index contributed by atoms with van der Waals surface area (Å²) in [6.45, 7) is 6.23. The molecule has 0 aromatic heterocycles. The van der Waals surface area contributed by atoms with Crippen molar-refractivity contribution in [3.63, 3.8) is 0 Å². The molecule has 21 heavy (non-hydrogen) atoms. The lowest BCUT2D eigenvalue weighted by Gasteiger charge is -2.28. The number of benzene rings is 1. The molecule has 116 valence electrons. The maximum absolute atomic E-state index is 13.0. The van der Waals surface area contributed by atoms with E-state index in [1.807, 2.05) is 18.2 Å². The SMILES string of the molecule is CCC(C)C(C(=O)N1CCC(CCBr)C1)c1ccccc1. The van der Waals surface area contributed by atoms with Crippen molar-refractivity contribution in [1.29, 1.82) is 0 Å². The lowest BCUT2D eigenvalue weighted by atomic mass is 9.84. The Labute approximate surface area is 137 Å². The Bertz CT molecular complexity index is 448. The molecular weight excluding hydrogens is 326 g/mol. The zero-order chi connectivity index (χ0) is 15.2. The molecule has 0 N–H and O–H groups in total. The summed E-state index contributed by atoms with van der Waals surface area (Å²) in [4.78, 5) is 15.1. The lowest BCUT2D eigenvalue weighted by molar-refractivity contribution is -0.133. The molecule has 2 rings (SSSR count). The van der Waals surface area contributed by atoms with Crippen LogP contribution in [0.1, 0.15) is 44.6 Å². The number of nitrogens with zero attached hydrogens (tertiary/aromatic N) is 1. The standard InChI is InChI=1S/C18H26BrNO/c1-3-14(2)17(16-7-5-4-6-8-16)18(21)20-12-10-15(13-20)9-11-19/h4-8,14-15,17H,3,9-13H2,1-2H3. The van der Waals surface area contributed by atoms with Crippen molar-refractivity contribution in [3.8, 4) is 0 Å². The number of carbonyl (C=O) groups is 1. The van der Waals surface area contributed by atoms with Gasteiger partial charge in [-0.25, -0.2) is 0 Å². The predicted molar refractivity (Wildman–Crippen MR) is 91.7 cm³/mol. The fourth-order valence-electron chi connectivity index (χ4n) is 3.23. The average Bonchev–Trinajstić information content (AvgIpc) is 2.97. The Morgan fingerprint density at radius 1 is 1.38 bits per heavy atom. The fourth-order valence-corrected chi connectivity index (χ4v) is 3.88. The molecule has 1 heterocycles. The van der Waals surface area contributed by atoms with E-state index in [4.69, 9.17) is 0 Å². The third kappa shape index (κ3) is 4.09. The summed E-state index contributed by atoms with van der Waals surface area (Å²) >= 11 is 3.51. The molecule has 1 amide bonds. The van der Waals surface area contributed by atoms with Gasteiger partial charge < -0.3 is 4.90 Å². The van der Waals surface area contributed by atoms with E-state index in [9.17, 15) is 4.79 Å². The smallest absolute Gasteiger partial charge is 0.230 e. The first kappa shape index (κ1) is 16.5. The monoisotopic (exact) mass is 351 g/mol. The van der Waals surface area contributed by atoms with Gasteiger partial charge in [0.05, 0.1) is 5.92 Å². The van der Waals surface area contributed by atoms with Crippen LogP contribution in [0.4, 0.5) is 0 Å². The van der Waals surface area contributed by atoms with Crippen LogP contribution in [0.2, 0.25) is 0 Å². The van der Waals surface area contributed by atoms with Gasteiger partial charge in [0.2, 0.25) is 5.91 Å². The van der Waals surface area contributed by atoms with Gasteiger partial charge in [0.1, 0.15) is 0 Å². The molecule has 1 aliphatic rings. The second-order valence-electron chi connectivity index (χ2n) is 6.19. The number of hydrogen-bond donors (Lipinski definition) is 0. The summed E-state index contributed by atoms with van der Waals surface area (Å²) in [6, 6.07) is 10.3. The van der Waals surface area contributed by atoms with Crippen LogP contribution in [-0.4, -0.2) is 29.2 Å². The molecule has 1 aliphatic heterocycles. The van der Waals surface area contributed by atoms with Crippen molar-refractivity contribution in [2.45, 2.75) is 39.0 Å². The van der Waals surface area contributed by atoms with E-state index in [-0.39, 0.29) is 5.92 Å². The second-order valence-corrected chi connectivity index (χ2v) is 6.98. The van der Waals surface area contributed by atoms with E-state index in [0.717, 1.165) is 31.3 Å². The van der Waals surface area contributed by atoms with Crippen molar-refractivity contribution in [1.82, 2.24) is 4.90 Å². The molecule has 3 atom stereocenters. The molecular formula is C18H26BrNO. The zero-order valence-electron chi connectivity index (χ0n) is 13.1. The van der Waals surface area contributed by atoms with E-state index in [0.29, 0.717) is 17.7 Å². The van der Waals surface area contributed by atoms with Crippen molar-refractivity contribution in [3.05, 3.63) is 35.9 Å². The Kier molecular flexibility index (Phi) is 6.28. The van der Waals surface area contributed by atoms with E-state index < -0.39 is 0 Å². The summed E-state index contributed by atoms with van der Waals surface area (Å²) in [6.07, 6.45) is 3.35. The molecule has 0 radical (unpaired) electrons. The molecule has 3 unspecified atom stereocenters. The van der Waals surface area contributed by atoms with Gasteiger partial charge in [0, 0.05) is 18.4 Å². The van der Waals surface area contributed by atoms with Crippen molar-refractivity contribution < 1.29 is 4.79 Å². The summed E-state index contributed by atoms with van der Waals surface area (Å²) in [5, 5.41) is 1.03. The number of rotatable bonds is 6. The topological polar surface area (TPSA) is 20.3 Å². The minimum Gasteiger partial charge on any atom is -0.342 e. The van der Waals surface area contributed by atoms with E-state index in [2.05, 4.69) is 46.8 Å². The third-order valence-electron chi connectivity index (χ3n) is 4.75. The number of carbonyl (C=O) groups excluding carboxylic acids is 1. The maximum Gasteiger partial charge on any atom is 0.230 e. The zero-order valence-corrected chi connectivity index (χ0v) is 14.7. The number of halogens is 1. The van der Waals surface area contributed by atoms with Crippen molar-refractivity contribution in [2.75, 3.05) is 18.4 Å². The minimum absolute atomic E-state index is 0.0129. The van der Waals surface area contributed by atoms with Gasteiger partial charge in [-0.15, -0.1) is 0 Å². The Morgan fingerprint density at radius 3 is 2.71 bits per heavy atom. The van der Waals surface area contributed by atoms with Crippen LogP contribution in [0.3, 0.4) is 0 Å². The van der Waals surface area contributed by atoms with Crippen LogP contribution >= 0.6 is 15.9 Å². The van der Waals surface area contributed by atoms with Crippen LogP contribution in [0.15, 0.2) is 30.3 Å². The molecule has 1 saturated heterocycles. The van der Waals surface area contributed by atoms with E-state index >= 15 is 0 Å². The highest BCUT2D eigenvalue weighted by Crippen LogP contribution is 2.31. The highest BCUT2D eigenvalue weighted by Gasteiger charge is 2.33. The molecule has 0 bridgehead atoms. The van der Waals surface area contributed by atoms with Gasteiger partial charge in [-0.05, 0) is 30.2 Å². The minimum atomic E-state index is 0.0129. The van der Waals surface area contributed by atoms with Gasteiger partial charge >= 0.3 is 0 Å². The van der Waals surface area contributed by atoms with Crippen LogP contribution in [0.5, 0.6) is 0 Å². The quantitative estimate of drug-likeness (QED) is 0.693. The van der Waals surface area contributed by atoms with Crippen LogP contribution in [0.25, 0.3) is 0 Å². The molecule has 0 aliphatic carbocycles. The van der Waals surface area contributed by atoms with E-state index in [1.165, 1.54) is 12.0 Å². The molecule has 0 saturated carbocycles. The summed E-state index contributed by atoms with van der Waals surface area (Å²) in [5.41, 5.74) is 1.17. The lowest BCUT2D eigenvalue weighted by Crippen LogP contribution is -2.36. The van der Waals surface area contributed by atoms with Crippen molar-refractivity contribution in [2.24, 2.45) is 11.8 Å². The Balaban J connectivity index is 2.12. The first-order valence-corrected chi connectivity index (χ1v) is 9.19. The summed E-state index contributed by atoms with van der Waals surface area (Å²) in [7, 11) is 0. The number of likely N-dealkylation sites (tertiary alicyclic amines) is 1. The van der Waals surface area contributed by atoms with Gasteiger partial charge in [-0.3, -0.25) is 4.79 Å². The molecule has 3 heteroatoms. The molecule has 1 aromatic carbocycles. The summed E-state index contributed by atoms with van der Waals surface area (Å²) < 4.78 is 0. The maximum atomic E-state index is 13.0. The van der Waals surface area contributed by atoms with Crippen molar-refractivity contribution >= 4 is 21.8 Å². The predicted octanol–water partition coefficient (Wildman–Crippen LogP) is 4.45. The second kappa shape index (κ2) is 7.98.